The van der Waals surface area contributed by atoms with E-state index in [0.717, 1.165) is 48.1 Å². The van der Waals surface area contributed by atoms with Crippen molar-refractivity contribution in [2.45, 2.75) is 20.3 Å². The van der Waals surface area contributed by atoms with E-state index in [1.54, 1.807) is 0 Å². The van der Waals surface area contributed by atoms with Crippen molar-refractivity contribution in [3.05, 3.63) is 36.0 Å². The summed E-state index contributed by atoms with van der Waals surface area (Å²) in [4.78, 5) is 22.8. The largest absolute Gasteiger partial charge is 0.378 e. The predicted octanol–water partition coefficient (Wildman–Crippen LogP) is 2.50. The molecule has 1 aliphatic rings. The van der Waals surface area contributed by atoms with Crippen LogP contribution in [0.3, 0.4) is 0 Å². The van der Waals surface area contributed by atoms with Crippen LogP contribution in [0, 0.1) is 0 Å². The summed E-state index contributed by atoms with van der Waals surface area (Å²) in [6.07, 6.45) is 0.845. The molecule has 2 aromatic rings. The fraction of sp³-hybridized carbons (Fsp3) is 0.389. The van der Waals surface area contributed by atoms with Crippen molar-refractivity contribution in [1.82, 2.24) is 9.97 Å². The van der Waals surface area contributed by atoms with E-state index in [-0.39, 0.29) is 5.91 Å². The van der Waals surface area contributed by atoms with Gasteiger partial charge in [0.05, 0.1) is 18.9 Å². The molecule has 1 aromatic heterocycles. The Morgan fingerprint density at radius 3 is 2.75 bits per heavy atom. The van der Waals surface area contributed by atoms with Crippen molar-refractivity contribution in [3.8, 4) is 11.3 Å². The summed E-state index contributed by atoms with van der Waals surface area (Å²) in [5.41, 5.74) is 3.61. The molecule has 2 heterocycles. The van der Waals surface area contributed by atoms with Crippen molar-refractivity contribution < 1.29 is 9.53 Å². The van der Waals surface area contributed by atoms with E-state index in [0.29, 0.717) is 13.2 Å². The molecular formula is C18H22N4O2. The maximum Gasteiger partial charge on any atom is 0.226 e. The number of aryl methyl sites for hydroxylation is 1. The Balaban J connectivity index is 1.96. The van der Waals surface area contributed by atoms with Gasteiger partial charge in [-0.25, -0.2) is 9.97 Å². The second kappa shape index (κ2) is 7.40. The molecule has 0 radical (unpaired) electrons. The average molecular weight is 326 g/mol. The predicted molar refractivity (Wildman–Crippen MR) is 94.2 cm³/mol. The lowest BCUT2D eigenvalue weighted by molar-refractivity contribution is -0.114. The van der Waals surface area contributed by atoms with Gasteiger partial charge in [-0.2, -0.15) is 0 Å². The first-order chi connectivity index (χ1) is 11.7. The second-order valence-corrected chi connectivity index (χ2v) is 5.76. The third-order valence-corrected chi connectivity index (χ3v) is 3.90. The lowest BCUT2D eigenvalue weighted by Crippen LogP contribution is -2.37. The molecule has 6 nitrogen and oxygen atoms in total. The van der Waals surface area contributed by atoms with Gasteiger partial charge in [0.1, 0.15) is 0 Å². The van der Waals surface area contributed by atoms with E-state index < -0.39 is 0 Å². The molecule has 0 atom stereocenters. The number of rotatable bonds is 4. The molecule has 3 rings (SSSR count). The summed E-state index contributed by atoms with van der Waals surface area (Å²) in [6, 6.07) is 9.73. The zero-order chi connectivity index (χ0) is 16.9. The highest BCUT2D eigenvalue weighted by atomic mass is 16.5. The monoisotopic (exact) mass is 326 g/mol. The Morgan fingerprint density at radius 1 is 1.25 bits per heavy atom. The zero-order valence-electron chi connectivity index (χ0n) is 14.1. The molecule has 6 heteroatoms. The average Bonchev–Trinajstić information content (AvgIpc) is 2.61. The molecule has 1 amide bonds. The quantitative estimate of drug-likeness (QED) is 0.935. The minimum atomic E-state index is -0.0851. The van der Waals surface area contributed by atoms with Gasteiger partial charge in [-0.05, 0) is 24.6 Å². The van der Waals surface area contributed by atoms with Gasteiger partial charge in [-0.3, -0.25) is 4.79 Å². The maximum atomic E-state index is 11.3. The van der Waals surface area contributed by atoms with Crippen molar-refractivity contribution in [1.29, 1.82) is 0 Å². The van der Waals surface area contributed by atoms with Gasteiger partial charge < -0.3 is 15.0 Å². The van der Waals surface area contributed by atoms with E-state index in [1.807, 2.05) is 30.3 Å². The molecular weight excluding hydrogens is 304 g/mol. The summed E-state index contributed by atoms with van der Waals surface area (Å²) < 4.78 is 5.41. The fourth-order valence-electron chi connectivity index (χ4n) is 2.68. The Hall–Kier alpha value is -2.47. The van der Waals surface area contributed by atoms with Crippen molar-refractivity contribution in [3.63, 3.8) is 0 Å². The number of ether oxygens (including phenoxy) is 1. The van der Waals surface area contributed by atoms with Crippen LogP contribution in [-0.4, -0.2) is 42.2 Å². The Labute approximate surface area is 141 Å². The van der Waals surface area contributed by atoms with Gasteiger partial charge >= 0.3 is 0 Å². The molecule has 1 fully saturated rings. The summed E-state index contributed by atoms with van der Waals surface area (Å²) in [7, 11) is 0. The molecule has 1 saturated heterocycles. The lowest BCUT2D eigenvalue weighted by atomic mass is 10.1. The Morgan fingerprint density at radius 2 is 2.04 bits per heavy atom. The van der Waals surface area contributed by atoms with Gasteiger partial charge in [0.25, 0.3) is 0 Å². The number of amides is 1. The van der Waals surface area contributed by atoms with Gasteiger partial charge in [0.15, 0.2) is 0 Å². The van der Waals surface area contributed by atoms with Crippen LogP contribution in [0.1, 0.15) is 19.5 Å². The number of anilines is 2. The Bertz CT molecular complexity index is 727. The highest BCUT2D eigenvalue weighted by Gasteiger charge is 2.16. The van der Waals surface area contributed by atoms with Crippen LogP contribution in [-0.2, 0) is 16.0 Å². The fourth-order valence-corrected chi connectivity index (χ4v) is 2.68. The van der Waals surface area contributed by atoms with Crippen LogP contribution in [0.25, 0.3) is 11.3 Å². The smallest absolute Gasteiger partial charge is 0.226 e. The molecule has 0 unspecified atom stereocenters. The maximum absolute atomic E-state index is 11.3. The van der Waals surface area contributed by atoms with E-state index >= 15 is 0 Å². The number of carbonyl (C=O) groups is 1. The van der Waals surface area contributed by atoms with Gasteiger partial charge in [-0.15, -0.1) is 0 Å². The number of hydrogen-bond acceptors (Lipinski definition) is 5. The minimum absolute atomic E-state index is 0.0851. The van der Waals surface area contributed by atoms with Crippen LogP contribution >= 0.6 is 0 Å². The first kappa shape index (κ1) is 16.4. The van der Waals surface area contributed by atoms with E-state index in [4.69, 9.17) is 9.72 Å². The van der Waals surface area contributed by atoms with Crippen LogP contribution in [0.4, 0.5) is 11.6 Å². The molecule has 1 aliphatic heterocycles. The molecule has 24 heavy (non-hydrogen) atoms. The number of nitrogens with zero attached hydrogens (tertiary/aromatic N) is 3. The molecule has 0 bridgehead atoms. The van der Waals surface area contributed by atoms with Gasteiger partial charge in [-0.1, -0.05) is 19.1 Å². The molecule has 1 N–H and O–H groups in total. The normalized spacial score (nSPS) is 14.5. The van der Waals surface area contributed by atoms with E-state index in [9.17, 15) is 4.79 Å². The van der Waals surface area contributed by atoms with Crippen LogP contribution in [0.15, 0.2) is 30.3 Å². The van der Waals surface area contributed by atoms with Gasteiger partial charge in [0, 0.05) is 37.0 Å². The molecule has 0 aliphatic carbocycles. The van der Waals surface area contributed by atoms with Crippen molar-refractivity contribution in [2.24, 2.45) is 0 Å². The SMILES string of the molecule is CCc1cc(-c2cccc(NC(C)=O)c2)nc(N2CCOCC2)n1. The molecule has 1 aromatic carbocycles. The minimum Gasteiger partial charge on any atom is -0.378 e. The second-order valence-electron chi connectivity index (χ2n) is 5.76. The summed E-state index contributed by atoms with van der Waals surface area (Å²) in [5, 5.41) is 2.81. The summed E-state index contributed by atoms with van der Waals surface area (Å²) in [5.74, 6) is 0.663. The first-order valence-electron chi connectivity index (χ1n) is 8.24. The molecule has 0 saturated carbocycles. The van der Waals surface area contributed by atoms with Crippen LogP contribution < -0.4 is 10.2 Å². The van der Waals surface area contributed by atoms with Gasteiger partial charge in [0.2, 0.25) is 11.9 Å². The highest BCUT2D eigenvalue weighted by Crippen LogP contribution is 2.24. The number of benzene rings is 1. The van der Waals surface area contributed by atoms with Crippen molar-refractivity contribution in [2.75, 3.05) is 36.5 Å². The van der Waals surface area contributed by atoms with E-state index in [1.165, 1.54) is 6.92 Å². The standard InChI is InChI=1S/C18H22N4O2/c1-3-15-12-17(14-5-4-6-16(11-14)19-13(2)23)21-18(20-15)22-7-9-24-10-8-22/h4-6,11-12H,3,7-10H2,1-2H3,(H,19,23). The third-order valence-electron chi connectivity index (χ3n) is 3.90. The molecule has 126 valence electrons. The topological polar surface area (TPSA) is 67.4 Å². The Kier molecular flexibility index (Phi) is 5.05. The first-order valence-corrected chi connectivity index (χ1v) is 8.24. The lowest BCUT2D eigenvalue weighted by Gasteiger charge is -2.27. The number of carbonyl (C=O) groups excluding carboxylic acids is 1. The summed E-state index contributed by atoms with van der Waals surface area (Å²) in [6.45, 7) is 6.60. The van der Waals surface area contributed by atoms with Crippen LogP contribution in [0.2, 0.25) is 0 Å². The van der Waals surface area contributed by atoms with Crippen molar-refractivity contribution >= 4 is 17.5 Å². The number of aromatic nitrogens is 2. The summed E-state index contributed by atoms with van der Waals surface area (Å²) >= 11 is 0. The zero-order valence-corrected chi connectivity index (χ0v) is 14.1. The number of nitrogens with one attached hydrogen (secondary N) is 1. The highest BCUT2D eigenvalue weighted by molar-refractivity contribution is 5.89. The number of hydrogen-bond donors (Lipinski definition) is 1. The molecule has 0 spiro atoms. The van der Waals surface area contributed by atoms with E-state index in [2.05, 4.69) is 22.1 Å². The van der Waals surface area contributed by atoms with Crippen LogP contribution in [0.5, 0.6) is 0 Å². The third kappa shape index (κ3) is 3.89. The number of morpholine rings is 1.